The van der Waals surface area contributed by atoms with Crippen LogP contribution in [0.3, 0.4) is 0 Å². The predicted molar refractivity (Wildman–Crippen MR) is 23.7 cm³/mol. The van der Waals surface area contributed by atoms with Gasteiger partial charge in [0.1, 0.15) is 0 Å². The Morgan fingerprint density at radius 3 is 2.20 bits per heavy atom. The third-order valence-corrected chi connectivity index (χ3v) is 0.304. The van der Waals surface area contributed by atoms with Crippen molar-refractivity contribution in [3.05, 3.63) is 24.8 Å². The highest BCUT2D eigenvalue weighted by atomic mass is 13.5. The van der Waals surface area contributed by atoms with Crippen LogP contribution in [0.1, 0.15) is 6.92 Å². The smallest absolute Gasteiger partial charge is 0.0275 e. The zero-order valence-corrected chi connectivity index (χ0v) is 3.31. The van der Waals surface area contributed by atoms with Gasteiger partial charge in [-0.2, -0.15) is 0 Å². The van der Waals surface area contributed by atoms with Crippen molar-refractivity contribution >= 4 is 0 Å². The Kier molecular flexibility index (Phi) is 2.98. The summed E-state index contributed by atoms with van der Waals surface area (Å²) in [5.41, 5.74) is 0. The van der Waals surface area contributed by atoms with Crippen molar-refractivity contribution in [1.82, 2.24) is 0 Å². The summed E-state index contributed by atoms with van der Waals surface area (Å²) in [6.07, 6.45) is 5.15. The first-order valence-electron chi connectivity index (χ1n) is 1.58. The van der Waals surface area contributed by atoms with Crippen LogP contribution in [0.4, 0.5) is 0 Å². The third-order valence-electron chi connectivity index (χ3n) is 0.304. The van der Waals surface area contributed by atoms with E-state index in [1.807, 2.05) is 13.0 Å². The van der Waals surface area contributed by atoms with Gasteiger partial charge in [0, 0.05) is 6.58 Å². The first-order chi connectivity index (χ1) is 2.41. The first kappa shape index (κ1) is 4.39. The summed E-state index contributed by atoms with van der Waals surface area (Å²) in [7, 11) is 0. The summed E-state index contributed by atoms with van der Waals surface area (Å²) in [6, 6.07) is 0. The van der Waals surface area contributed by atoms with E-state index in [0.717, 1.165) is 0 Å². The van der Waals surface area contributed by atoms with Crippen LogP contribution in [0, 0.1) is 6.58 Å². The van der Waals surface area contributed by atoms with Gasteiger partial charge in [0.25, 0.3) is 0 Å². The Morgan fingerprint density at radius 1 is 1.60 bits per heavy atom. The molecule has 0 saturated carbocycles. The van der Waals surface area contributed by atoms with Crippen molar-refractivity contribution in [3.8, 4) is 0 Å². The number of hydrogen-bond acceptors (Lipinski definition) is 0. The summed E-state index contributed by atoms with van der Waals surface area (Å²) in [4.78, 5) is 0. The molecule has 0 bridgehead atoms. The summed E-state index contributed by atoms with van der Waals surface area (Å²) >= 11 is 0. The molecule has 0 aliphatic rings. The van der Waals surface area contributed by atoms with E-state index in [1.165, 1.54) is 6.08 Å². The fraction of sp³-hybridized carbons (Fsp3) is 0.200. The van der Waals surface area contributed by atoms with Gasteiger partial charge in [0.05, 0.1) is 6.08 Å². The molecule has 0 aromatic heterocycles. The molecular formula is C5H7+. The fourth-order valence-corrected chi connectivity index (χ4v) is 0.111. The zero-order valence-electron chi connectivity index (χ0n) is 3.31. The molecule has 0 fully saturated rings. The van der Waals surface area contributed by atoms with Crippen LogP contribution >= 0.6 is 0 Å². The lowest BCUT2D eigenvalue weighted by Gasteiger charge is -1.43. The van der Waals surface area contributed by atoms with Gasteiger partial charge in [-0.3, -0.25) is 0 Å². The van der Waals surface area contributed by atoms with Gasteiger partial charge in [-0.1, -0.05) is 0 Å². The van der Waals surface area contributed by atoms with Gasteiger partial charge in [0.15, 0.2) is 6.08 Å². The Hall–Kier alpha value is -0.610. The van der Waals surface area contributed by atoms with Crippen LogP contribution in [0.25, 0.3) is 0 Å². The topological polar surface area (TPSA) is 0 Å². The van der Waals surface area contributed by atoms with E-state index in [0.29, 0.717) is 0 Å². The van der Waals surface area contributed by atoms with Gasteiger partial charge >= 0.3 is 0 Å². The van der Waals surface area contributed by atoms with Crippen molar-refractivity contribution in [3.63, 3.8) is 0 Å². The molecule has 0 unspecified atom stereocenters. The largest absolute Gasteiger partial charge is 0.151 e. The summed E-state index contributed by atoms with van der Waals surface area (Å²) in [5.74, 6) is 0. The second-order valence-corrected chi connectivity index (χ2v) is 0.718. The maximum atomic E-state index is 4.93. The number of rotatable bonds is 1. The van der Waals surface area contributed by atoms with Crippen LogP contribution in [0.5, 0.6) is 0 Å². The molecule has 0 aliphatic heterocycles. The van der Waals surface area contributed by atoms with Crippen molar-refractivity contribution in [1.29, 1.82) is 0 Å². The molecule has 0 saturated heterocycles. The van der Waals surface area contributed by atoms with E-state index in [1.54, 1.807) is 6.08 Å². The highest BCUT2D eigenvalue weighted by molar-refractivity contribution is 4.92. The molecule has 5 heavy (non-hydrogen) atoms. The molecule has 0 spiro atoms. The van der Waals surface area contributed by atoms with E-state index in [4.69, 9.17) is 6.58 Å². The van der Waals surface area contributed by atoms with Crippen LogP contribution < -0.4 is 0 Å². The molecule has 0 atom stereocenters. The molecule has 0 aromatic carbocycles. The standard InChI is InChI=1S/C5H7/c1-3-5-4-2/h1,3-5H,2H3/q+1. The molecule has 26 valence electrons. The van der Waals surface area contributed by atoms with Crippen LogP contribution in [0.2, 0.25) is 0 Å². The third kappa shape index (κ3) is 3.39. The summed E-state index contributed by atoms with van der Waals surface area (Å²) < 4.78 is 0. The lowest BCUT2D eigenvalue weighted by Crippen LogP contribution is -1.34. The minimum Gasteiger partial charge on any atom is -0.0275 e. The van der Waals surface area contributed by atoms with Crippen LogP contribution in [-0.2, 0) is 0 Å². The van der Waals surface area contributed by atoms with Gasteiger partial charge in [-0.15, -0.1) is 0 Å². The number of allylic oxidation sites excluding steroid dienone is 3. The van der Waals surface area contributed by atoms with E-state index < -0.39 is 0 Å². The SMILES string of the molecule is [CH+]=CC=CC. The molecule has 0 heteroatoms. The second kappa shape index (κ2) is 3.39. The van der Waals surface area contributed by atoms with Gasteiger partial charge in [-0.25, -0.2) is 0 Å². The minimum atomic E-state index is 1.50. The van der Waals surface area contributed by atoms with Crippen LogP contribution in [-0.4, -0.2) is 0 Å². The molecule has 0 nitrogen and oxygen atoms in total. The van der Waals surface area contributed by atoms with E-state index in [9.17, 15) is 0 Å². The van der Waals surface area contributed by atoms with E-state index >= 15 is 0 Å². The summed E-state index contributed by atoms with van der Waals surface area (Å²) in [5, 5.41) is 0. The minimum absolute atomic E-state index is 1.50. The molecular weight excluding hydrogens is 60.1 g/mol. The predicted octanol–water partition coefficient (Wildman–Crippen LogP) is 1.55. The molecule has 0 aromatic rings. The Bertz CT molecular complexity index is 42.0. The molecule has 0 rings (SSSR count). The monoisotopic (exact) mass is 67.1 g/mol. The summed E-state index contributed by atoms with van der Waals surface area (Å²) in [6.45, 7) is 6.85. The molecule has 0 amide bonds. The van der Waals surface area contributed by atoms with Crippen LogP contribution in [0.15, 0.2) is 18.2 Å². The highest BCUT2D eigenvalue weighted by Crippen LogP contribution is 1.64. The van der Waals surface area contributed by atoms with Crippen molar-refractivity contribution in [2.24, 2.45) is 0 Å². The average Bonchev–Trinajstić information content (AvgIpc) is 1.41. The van der Waals surface area contributed by atoms with Crippen molar-refractivity contribution in [2.45, 2.75) is 6.92 Å². The Balaban J connectivity index is 2.92. The molecule has 0 heterocycles. The van der Waals surface area contributed by atoms with Gasteiger partial charge in [-0.05, 0) is 13.0 Å². The van der Waals surface area contributed by atoms with Gasteiger partial charge < -0.3 is 0 Å². The first-order valence-corrected chi connectivity index (χ1v) is 1.58. The lowest BCUT2D eigenvalue weighted by molar-refractivity contribution is 1.74. The molecule has 0 aliphatic carbocycles. The van der Waals surface area contributed by atoms with Gasteiger partial charge in [0.2, 0.25) is 0 Å². The highest BCUT2D eigenvalue weighted by Gasteiger charge is 1.55. The quantitative estimate of drug-likeness (QED) is 0.322. The zero-order chi connectivity index (χ0) is 4.12. The maximum absolute atomic E-state index is 4.93. The lowest BCUT2D eigenvalue weighted by atomic mass is 10.5. The van der Waals surface area contributed by atoms with E-state index in [-0.39, 0.29) is 0 Å². The second-order valence-electron chi connectivity index (χ2n) is 0.718. The molecule has 0 radical (unpaired) electrons. The average molecular weight is 67.1 g/mol. The Labute approximate surface area is 32.8 Å². The maximum Gasteiger partial charge on any atom is 0.151 e. The molecule has 0 N–H and O–H groups in total. The van der Waals surface area contributed by atoms with Crippen molar-refractivity contribution in [2.75, 3.05) is 0 Å². The normalized spacial score (nSPS) is 8.80. The van der Waals surface area contributed by atoms with Crippen molar-refractivity contribution < 1.29 is 0 Å². The fourth-order valence-electron chi connectivity index (χ4n) is 0.111. The number of hydrogen-bond donors (Lipinski definition) is 0. The van der Waals surface area contributed by atoms with E-state index in [2.05, 4.69) is 0 Å². The Morgan fingerprint density at radius 2 is 2.20 bits per heavy atom.